The molecule has 2 rings (SSSR count). The summed E-state index contributed by atoms with van der Waals surface area (Å²) in [6.07, 6.45) is 0.701. The van der Waals surface area contributed by atoms with Crippen molar-refractivity contribution < 1.29 is 24.0 Å². The summed E-state index contributed by atoms with van der Waals surface area (Å²) < 4.78 is 10.1. The van der Waals surface area contributed by atoms with Crippen molar-refractivity contribution >= 4 is 11.6 Å². The van der Waals surface area contributed by atoms with E-state index in [4.69, 9.17) is 14.3 Å². The fourth-order valence-corrected chi connectivity index (χ4v) is 1.93. The van der Waals surface area contributed by atoms with Gasteiger partial charge in [-0.3, -0.25) is 19.7 Å². The van der Waals surface area contributed by atoms with E-state index in [2.05, 4.69) is 0 Å². The smallest absolute Gasteiger partial charge is 0.286 e. The molecule has 0 radical (unpaired) electrons. The van der Waals surface area contributed by atoms with Crippen LogP contribution in [0.5, 0.6) is 11.5 Å². The Morgan fingerprint density at radius 2 is 2.00 bits per heavy atom. The second kappa shape index (κ2) is 5.74. The fraction of sp³-hybridized carbons (Fsp3) is 0.417. The molecule has 1 heterocycles. The highest BCUT2D eigenvalue weighted by Gasteiger charge is 2.30. The zero-order valence-electron chi connectivity index (χ0n) is 11.1. The number of nitro groups is 1. The first kappa shape index (κ1) is 14.1. The number of hydroxylamine groups is 2. The van der Waals surface area contributed by atoms with E-state index >= 15 is 0 Å². The van der Waals surface area contributed by atoms with Gasteiger partial charge in [0.2, 0.25) is 0 Å². The Kier molecular flexibility index (Phi) is 4.04. The van der Waals surface area contributed by atoms with Gasteiger partial charge < -0.3 is 9.47 Å². The van der Waals surface area contributed by atoms with E-state index in [-0.39, 0.29) is 22.7 Å². The van der Waals surface area contributed by atoms with Gasteiger partial charge in [0.1, 0.15) is 5.56 Å². The molecule has 108 valence electrons. The molecule has 0 aliphatic carbocycles. The van der Waals surface area contributed by atoms with Crippen LogP contribution in [0.3, 0.4) is 0 Å². The lowest BCUT2D eigenvalue weighted by Gasteiger charge is -2.15. The highest BCUT2D eigenvalue weighted by atomic mass is 16.7. The zero-order valence-corrected chi connectivity index (χ0v) is 11.1. The molecule has 8 heteroatoms. The molecule has 8 nitrogen and oxygen atoms in total. The lowest BCUT2D eigenvalue weighted by Crippen LogP contribution is -2.27. The van der Waals surface area contributed by atoms with E-state index in [1.165, 1.54) is 26.4 Å². The van der Waals surface area contributed by atoms with Gasteiger partial charge in [0.25, 0.3) is 11.6 Å². The highest BCUT2D eigenvalue weighted by Crippen LogP contribution is 2.35. The summed E-state index contributed by atoms with van der Waals surface area (Å²) in [6.45, 7) is 0.831. The number of nitro benzene ring substituents is 1. The summed E-state index contributed by atoms with van der Waals surface area (Å²) in [4.78, 5) is 27.8. The monoisotopic (exact) mass is 282 g/mol. The first-order valence-corrected chi connectivity index (χ1v) is 5.93. The highest BCUT2D eigenvalue weighted by molar-refractivity contribution is 5.98. The number of carbonyl (C=O) groups excluding carboxylic acids is 1. The van der Waals surface area contributed by atoms with E-state index in [1.54, 1.807) is 0 Å². The van der Waals surface area contributed by atoms with Gasteiger partial charge in [0.15, 0.2) is 11.5 Å². The Bertz CT molecular complexity index is 539. The maximum Gasteiger partial charge on any atom is 0.286 e. The van der Waals surface area contributed by atoms with E-state index in [0.29, 0.717) is 19.6 Å². The maximum atomic E-state index is 12.2. The molecule has 1 saturated heterocycles. The lowest BCUT2D eigenvalue weighted by molar-refractivity contribution is -0.385. The third-order valence-corrected chi connectivity index (χ3v) is 2.91. The quantitative estimate of drug-likeness (QED) is 0.612. The number of carbonyl (C=O) groups is 1. The van der Waals surface area contributed by atoms with E-state index in [1.807, 2.05) is 0 Å². The van der Waals surface area contributed by atoms with Crippen LogP contribution >= 0.6 is 0 Å². The summed E-state index contributed by atoms with van der Waals surface area (Å²) in [5, 5.41) is 12.2. The molecule has 0 N–H and O–H groups in total. The van der Waals surface area contributed by atoms with Crippen molar-refractivity contribution in [2.75, 3.05) is 27.4 Å². The summed E-state index contributed by atoms with van der Waals surface area (Å²) in [5.41, 5.74) is -0.433. The Hall–Kier alpha value is -2.35. The predicted octanol–water partition coefficient (Wildman–Crippen LogP) is 1.39. The number of hydrogen-bond donors (Lipinski definition) is 0. The molecule has 0 saturated carbocycles. The SMILES string of the molecule is COc1cc(C(=O)N2CCCO2)c([N+](=O)[O-])cc1OC. The number of ether oxygens (including phenoxy) is 2. The number of nitrogens with zero attached hydrogens (tertiary/aromatic N) is 2. The first-order chi connectivity index (χ1) is 9.58. The molecule has 1 aromatic rings. The molecular formula is C12H14N2O6. The van der Waals surface area contributed by atoms with Crippen molar-refractivity contribution in [3.63, 3.8) is 0 Å². The Morgan fingerprint density at radius 1 is 1.35 bits per heavy atom. The van der Waals surface area contributed by atoms with Crippen molar-refractivity contribution in [1.82, 2.24) is 5.06 Å². The third kappa shape index (κ3) is 2.50. The molecule has 20 heavy (non-hydrogen) atoms. The average Bonchev–Trinajstić information content (AvgIpc) is 2.98. The van der Waals surface area contributed by atoms with Crippen molar-refractivity contribution in [3.05, 3.63) is 27.8 Å². The predicted molar refractivity (Wildman–Crippen MR) is 67.8 cm³/mol. The van der Waals surface area contributed by atoms with E-state index < -0.39 is 10.8 Å². The van der Waals surface area contributed by atoms with Gasteiger partial charge in [-0.25, -0.2) is 5.06 Å². The van der Waals surface area contributed by atoms with Crippen LogP contribution in [0, 0.1) is 10.1 Å². The van der Waals surface area contributed by atoms with Crippen LogP contribution in [0.1, 0.15) is 16.8 Å². The van der Waals surface area contributed by atoms with Crippen LogP contribution in [0.15, 0.2) is 12.1 Å². The van der Waals surface area contributed by atoms with Crippen LogP contribution in [-0.4, -0.2) is 43.3 Å². The van der Waals surface area contributed by atoms with Gasteiger partial charge in [0, 0.05) is 6.07 Å². The number of rotatable bonds is 4. The van der Waals surface area contributed by atoms with Gasteiger partial charge in [0.05, 0.1) is 38.4 Å². The van der Waals surface area contributed by atoms with Crippen LogP contribution in [-0.2, 0) is 4.84 Å². The lowest BCUT2D eigenvalue weighted by atomic mass is 10.1. The maximum absolute atomic E-state index is 12.2. The molecule has 1 aromatic carbocycles. The average molecular weight is 282 g/mol. The van der Waals surface area contributed by atoms with Crippen LogP contribution in [0.4, 0.5) is 5.69 Å². The van der Waals surface area contributed by atoms with Crippen LogP contribution in [0.2, 0.25) is 0 Å². The number of methoxy groups -OCH3 is 2. The van der Waals surface area contributed by atoms with Gasteiger partial charge in [-0.1, -0.05) is 0 Å². The molecule has 1 fully saturated rings. The second-order valence-electron chi connectivity index (χ2n) is 4.08. The molecule has 0 unspecified atom stereocenters. The van der Waals surface area contributed by atoms with Crippen molar-refractivity contribution in [1.29, 1.82) is 0 Å². The topological polar surface area (TPSA) is 91.1 Å². The zero-order chi connectivity index (χ0) is 14.7. The minimum atomic E-state index is -0.634. The Morgan fingerprint density at radius 3 is 2.50 bits per heavy atom. The molecular weight excluding hydrogens is 268 g/mol. The molecule has 0 aromatic heterocycles. The summed E-state index contributed by atoms with van der Waals surface area (Å²) >= 11 is 0. The van der Waals surface area contributed by atoms with Crippen molar-refractivity contribution in [2.45, 2.75) is 6.42 Å². The van der Waals surface area contributed by atoms with E-state index in [0.717, 1.165) is 5.06 Å². The molecule has 0 atom stereocenters. The molecule has 1 aliphatic rings. The summed E-state index contributed by atoms with van der Waals surface area (Å²) in [5.74, 6) is -0.117. The normalized spacial score (nSPS) is 14.2. The molecule has 1 amide bonds. The third-order valence-electron chi connectivity index (χ3n) is 2.91. The number of hydrogen-bond acceptors (Lipinski definition) is 6. The summed E-state index contributed by atoms with van der Waals surface area (Å²) in [6, 6.07) is 2.46. The standard InChI is InChI=1S/C12H14N2O6/c1-18-10-6-8(12(15)13-4-3-5-20-13)9(14(16)17)7-11(10)19-2/h6-7H,3-5H2,1-2H3. The fourth-order valence-electron chi connectivity index (χ4n) is 1.93. The minimum Gasteiger partial charge on any atom is -0.493 e. The molecule has 0 bridgehead atoms. The van der Waals surface area contributed by atoms with Gasteiger partial charge >= 0.3 is 0 Å². The second-order valence-corrected chi connectivity index (χ2v) is 4.08. The van der Waals surface area contributed by atoms with Crippen LogP contribution in [0.25, 0.3) is 0 Å². The summed E-state index contributed by atoms with van der Waals surface area (Å²) in [7, 11) is 2.76. The molecule has 1 aliphatic heterocycles. The molecule has 0 spiro atoms. The first-order valence-electron chi connectivity index (χ1n) is 5.93. The van der Waals surface area contributed by atoms with Crippen LogP contribution < -0.4 is 9.47 Å². The van der Waals surface area contributed by atoms with Gasteiger partial charge in [-0.2, -0.15) is 0 Å². The minimum absolute atomic E-state index is 0.0884. The number of amides is 1. The van der Waals surface area contributed by atoms with Crippen molar-refractivity contribution in [2.24, 2.45) is 0 Å². The largest absolute Gasteiger partial charge is 0.493 e. The van der Waals surface area contributed by atoms with Gasteiger partial charge in [-0.05, 0) is 6.42 Å². The Balaban J connectivity index is 2.48. The van der Waals surface area contributed by atoms with Gasteiger partial charge in [-0.15, -0.1) is 0 Å². The van der Waals surface area contributed by atoms with Crippen molar-refractivity contribution in [3.8, 4) is 11.5 Å². The van der Waals surface area contributed by atoms with E-state index in [9.17, 15) is 14.9 Å². The Labute approximate surface area is 114 Å². The number of benzene rings is 1.